The van der Waals surface area contributed by atoms with Crippen LogP contribution in [0.25, 0.3) is 0 Å². The van der Waals surface area contributed by atoms with Crippen LogP contribution in [0.15, 0.2) is 72.9 Å². The van der Waals surface area contributed by atoms with Gasteiger partial charge in [0.2, 0.25) is 0 Å². The van der Waals surface area contributed by atoms with Crippen molar-refractivity contribution in [2.24, 2.45) is 0 Å². The zero-order valence-corrected chi connectivity index (χ0v) is 21.2. The van der Waals surface area contributed by atoms with Crippen LogP contribution in [0.5, 0.6) is 0 Å². The van der Waals surface area contributed by atoms with Crippen LogP contribution in [0.2, 0.25) is 5.04 Å². The van der Waals surface area contributed by atoms with E-state index >= 15 is 0 Å². The van der Waals surface area contributed by atoms with E-state index in [1.165, 1.54) is 6.07 Å². The van der Waals surface area contributed by atoms with Gasteiger partial charge in [-0.2, -0.15) is 13.2 Å². The molecule has 4 nitrogen and oxygen atoms in total. The molecule has 0 fully saturated rings. The van der Waals surface area contributed by atoms with E-state index in [0.29, 0.717) is 24.4 Å². The van der Waals surface area contributed by atoms with Gasteiger partial charge in [-0.3, -0.25) is 0 Å². The second-order valence-electron chi connectivity index (χ2n) is 9.95. The largest absolute Gasteiger partial charge is 0.417 e. The minimum atomic E-state index is -4.45. The molecule has 0 saturated heterocycles. The van der Waals surface area contributed by atoms with Gasteiger partial charge >= 0.3 is 6.18 Å². The van der Waals surface area contributed by atoms with Crippen LogP contribution in [-0.2, 0) is 17.0 Å². The van der Waals surface area contributed by atoms with Crippen LogP contribution in [0.3, 0.4) is 0 Å². The van der Waals surface area contributed by atoms with Gasteiger partial charge in [0, 0.05) is 12.7 Å². The molecular weight excluding hydrogens is 469 g/mol. The lowest BCUT2D eigenvalue weighted by Gasteiger charge is -2.44. The molecule has 3 aromatic rings. The van der Waals surface area contributed by atoms with Crippen molar-refractivity contribution < 1.29 is 22.7 Å². The number of halogens is 3. The average Bonchev–Trinajstić information content (AvgIpc) is 3.16. The minimum absolute atomic E-state index is 0.127. The fourth-order valence-corrected chi connectivity index (χ4v) is 9.73. The molecule has 1 N–H and O–H groups in total. The number of aliphatic hydroxyl groups is 1. The van der Waals surface area contributed by atoms with Gasteiger partial charge in [0.1, 0.15) is 5.82 Å². The van der Waals surface area contributed by atoms with E-state index in [-0.39, 0.29) is 24.2 Å². The number of aromatic nitrogens is 1. The first kappa shape index (κ1) is 25.4. The zero-order valence-electron chi connectivity index (χ0n) is 20.2. The van der Waals surface area contributed by atoms with Gasteiger partial charge in [-0.25, -0.2) is 4.98 Å². The monoisotopic (exact) mass is 500 g/mol. The van der Waals surface area contributed by atoms with Crippen LogP contribution in [-0.4, -0.2) is 44.2 Å². The van der Waals surface area contributed by atoms with Crippen LogP contribution in [0, 0.1) is 0 Å². The van der Waals surface area contributed by atoms with Crippen molar-refractivity contribution in [2.45, 2.75) is 44.4 Å². The second-order valence-corrected chi connectivity index (χ2v) is 14.3. The topological polar surface area (TPSA) is 45.6 Å². The van der Waals surface area contributed by atoms with Crippen molar-refractivity contribution in [1.82, 2.24) is 4.98 Å². The third kappa shape index (κ3) is 4.87. The molecule has 0 spiro atoms. The maximum Gasteiger partial charge on any atom is 0.417 e. The summed E-state index contributed by atoms with van der Waals surface area (Å²) in [5, 5.41) is 11.7. The lowest BCUT2D eigenvalue weighted by molar-refractivity contribution is -0.137. The summed E-state index contributed by atoms with van der Waals surface area (Å²) >= 11 is 0. The third-order valence-electron chi connectivity index (χ3n) is 6.69. The Morgan fingerprint density at radius 1 is 1.00 bits per heavy atom. The van der Waals surface area contributed by atoms with Gasteiger partial charge < -0.3 is 14.4 Å². The summed E-state index contributed by atoms with van der Waals surface area (Å²) in [6.45, 7) is 7.02. The highest BCUT2D eigenvalue weighted by Crippen LogP contribution is 2.39. The third-order valence-corrected chi connectivity index (χ3v) is 11.7. The number of nitrogens with zero attached hydrogens (tertiary/aromatic N) is 2. The van der Waals surface area contributed by atoms with E-state index in [0.717, 1.165) is 16.6 Å². The van der Waals surface area contributed by atoms with Crippen molar-refractivity contribution in [3.8, 4) is 0 Å². The summed E-state index contributed by atoms with van der Waals surface area (Å²) in [6, 6.07) is 21.4. The first-order chi connectivity index (χ1) is 16.6. The normalized spacial score (nSPS) is 16.4. The number of aliphatic hydroxyl groups excluding tert-OH is 1. The molecule has 0 saturated carbocycles. The number of β-amino-alcohol motifs (C(OH)–C–C–N with tert-alkyl or cyclic N) is 1. The summed E-state index contributed by atoms with van der Waals surface area (Å²) in [7, 11) is -2.80. The second kappa shape index (κ2) is 9.76. The molecule has 4 rings (SSSR count). The Balaban J connectivity index is 1.72. The molecule has 1 aliphatic heterocycles. The van der Waals surface area contributed by atoms with E-state index < -0.39 is 20.1 Å². The molecule has 186 valence electrons. The summed E-state index contributed by atoms with van der Waals surface area (Å²) in [5.41, 5.74) is -0.224. The fraction of sp³-hybridized carbons (Fsp3) is 0.370. The first-order valence-corrected chi connectivity index (χ1v) is 13.7. The summed E-state index contributed by atoms with van der Waals surface area (Å²) in [6.07, 6.45) is -3.20. The van der Waals surface area contributed by atoms with E-state index in [9.17, 15) is 18.3 Å². The molecule has 2 heterocycles. The average molecular weight is 501 g/mol. The van der Waals surface area contributed by atoms with Crippen molar-refractivity contribution in [3.05, 3.63) is 84.1 Å². The van der Waals surface area contributed by atoms with E-state index in [4.69, 9.17) is 4.43 Å². The smallest absolute Gasteiger partial charge is 0.405 e. The number of benzene rings is 2. The van der Waals surface area contributed by atoms with Gasteiger partial charge in [0.05, 0.1) is 24.8 Å². The van der Waals surface area contributed by atoms with Gasteiger partial charge in [0.25, 0.3) is 8.32 Å². The highest BCUT2D eigenvalue weighted by Gasteiger charge is 2.51. The highest BCUT2D eigenvalue weighted by atomic mass is 28.4. The Morgan fingerprint density at radius 2 is 1.57 bits per heavy atom. The Labute approximate surface area is 205 Å². The van der Waals surface area contributed by atoms with Crippen molar-refractivity contribution >= 4 is 24.5 Å². The summed E-state index contributed by atoms with van der Waals surface area (Å²) < 4.78 is 46.9. The standard InChI is InChI=1S/C27H31F3N2O2Si/c1-26(2,3)35(23-10-6-4-7-11-23,24-12-8-5-9-13-24)34-19-22-17-20-16-21(27(28,29)30)18-31-25(20)32(22)14-15-33/h4-13,16,18,22,33H,14-15,17,19H2,1-3H3. The number of alkyl halides is 3. The Hall–Kier alpha value is -2.68. The van der Waals surface area contributed by atoms with Crippen LogP contribution in [0.4, 0.5) is 19.0 Å². The number of hydrogen-bond acceptors (Lipinski definition) is 4. The first-order valence-electron chi connectivity index (χ1n) is 11.8. The molecule has 1 aliphatic rings. The van der Waals surface area contributed by atoms with Gasteiger partial charge in [-0.1, -0.05) is 81.4 Å². The van der Waals surface area contributed by atoms with E-state index in [2.05, 4.69) is 50.0 Å². The van der Waals surface area contributed by atoms with E-state index in [1.807, 2.05) is 41.3 Å². The van der Waals surface area contributed by atoms with Gasteiger partial charge in [0.15, 0.2) is 0 Å². The molecule has 1 atom stereocenters. The molecule has 1 aromatic heterocycles. The number of fused-ring (bicyclic) bond motifs is 1. The molecule has 0 bridgehead atoms. The quantitative estimate of drug-likeness (QED) is 0.489. The van der Waals surface area contributed by atoms with Crippen LogP contribution >= 0.6 is 0 Å². The molecule has 0 radical (unpaired) electrons. The molecule has 8 heteroatoms. The lowest BCUT2D eigenvalue weighted by Crippen LogP contribution is -2.67. The maximum absolute atomic E-state index is 13.3. The number of hydrogen-bond donors (Lipinski definition) is 1. The van der Waals surface area contributed by atoms with Gasteiger partial charge in [-0.15, -0.1) is 0 Å². The Morgan fingerprint density at radius 3 is 2.06 bits per heavy atom. The molecule has 35 heavy (non-hydrogen) atoms. The SMILES string of the molecule is CC(C)(C)[Si](OCC1Cc2cc(C(F)(F)F)cnc2N1CCO)(c1ccccc1)c1ccccc1. The maximum atomic E-state index is 13.3. The fourth-order valence-electron chi connectivity index (χ4n) is 5.13. The zero-order chi connectivity index (χ0) is 25.3. The van der Waals surface area contributed by atoms with Crippen molar-refractivity contribution in [1.29, 1.82) is 0 Å². The summed E-state index contributed by atoms with van der Waals surface area (Å²) in [5.74, 6) is 0.489. The molecule has 0 amide bonds. The molecule has 0 aliphatic carbocycles. The highest BCUT2D eigenvalue weighted by molar-refractivity contribution is 6.99. The molecule has 2 aromatic carbocycles. The minimum Gasteiger partial charge on any atom is -0.405 e. The lowest BCUT2D eigenvalue weighted by atomic mass is 10.1. The summed E-state index contributed by atoms with van der Waals surface area (Å²) in [4.78, 5) is 6.02. The number of rotatable bonds is 7. The number of anilines is 1. The molecule has 1 unspecified atom stereocenters. The Kier molecular flexibility index (Phi) is 7.08. The van der Waals surface area contributed by atoms with Crippen LogP contribution < -0.4 is 15.3 Å². The Bertz CT molecular complexity index is 1100. The van der Waals surface area contributed by atoms with Gasteiger partial charge in [-0.05, 0) is 33.5 Å². The number of pyridine rings is 1. The van der Waals surface area contributed by atoms with Crippen LogP contribution in [0.1, 0.15) is 31.9 Å². The van der Waals surface area contributed by atoms with Crippen molar-refractivity contribution in [3.63, 3.8) is 0 Å². The van der Waals surface area contributed by atoms with Crippen molar-refractivity contribution in [2.75, 3.05) is 24.7 Å². The molecular formula is C27H31F3N2O2Si. The predicted molar refractivity (Wildman–Crippen MR) is 135 cm³/mol. The van der Waals surface area contributed by atoms with E-state index in [1.54, 1.807) is 0 Å². The predicted octanol–water partition coefficient (Wildman–Crippen LogP) is 4.40.